The smallest absolute Gasteiger partial charge is 0.446 e. The normalized spacial score (nSPS) is 31.6. The van der Waals surface area contributed by atoms with Gasteiger partial charge < -0.3 is 48.7 Å². The maximum atomic E-state index is 14.9. The average Bonchev–Trinajstić information content (AvgIpc) is 3.73. The second kappa shape index (κ2) is 18.8. The zero-order chi connectivity index (χ0) is 48.1. The van der Waals surface area contributed by atoms with Gasteiger partial charge in [-0.3, -0.25) is 28.9 Å². The number of Topliss-reactive ketones (excluding diaryl/α,β-unsaturated/α-hetero) is 1. The first-order chi connectivity index (χ1) is 30.3. The Morgan fingerprint density at radius 2 is 1.65 bits per heavy atom. The number of phenolic OH excluding ortho intramolecular Hbond substituents is 1. The Balaban J connectivity index is 1.61. The van der Waals surface area contributed by atoms with Gasteiger partial charge in [0.1, 0.15) is 28.6 Å². The number of phenols is 1. The summed E-state index contributed by atoms with van der Waals surface area (Å²) in [6, 6.07) is 0. The number of aliphatic hydroxyl groups excluding tert-OH is 2. The molecule has 6 rings (SSSR count). The molecule has 5 N–H and O–H groups in total. The topological polar surface area (TPSA) is 252 Å². The third-order valence-electron chi connectivity index (χ3n) is 13.1. The second-order valence-electron chi connectivity index (χ2n) is 18.4. The van der Waals surface area contributed by atoms with E-state index in [1.807, 2.05) is 0 Å². The number of allylic oxidation sites excluding steroid dienone is 2. The summed E-state index contributed by atoms with van der Waals surface area (Å²) in [5.74, 6) is -7.89. The van der Waals surface area contributed by atoms with E-state index in [0.29, 0.717) is 31.8 Å². The van der Waals surface area contributed by atoms with Crippen molar-refractivity contribution in [3.63, 3.8) is 0 Å². The minimum absolute atomic E-state index is 0.0290. The number of carbonyl (C=O) groups is 3. The van der Waals surface area contributed by atoms with E-state index >= 15 is 0 Å². The van der Waals surface area contributed by atoms with E-state index in [2.05, 4.69) is 24.1 Å². The highest BCUT2D eigenvalue weighted by atomic mass is 32.3. The third-order valence-corrected chi connectivity index (χ3v) is 13.4. The van der Waals surface area contributed by atoms with E-state index in [9.17, 15) is 42.7 Å². The number of likely N-dealkylation sites (tertiary alicyclic amines) is 1. The number of ether oxygens (including phenoxy) is 4. The van der Waals surface area contributed by atoms with Crippen LogP contribution < -0.4 is 25.0 Å². The number of ketones is 1. The van der Waals surface area contributed by atoms with E-state index in [0.717, 1.165) is 6.54 Å². The lowest BCUT2D eigenvalue weighted by molar-refractivity contribution is -0.160. The van der Waals surface area contributed by atoms with Crippen LogP contribution in [0.25, 0.3) is 10.8 Å². The molecule has 4 aliphatic rings. The highest BCUT2D eigenvalue weighted by Gasteiger charge is 2.50. The van der Waals surface area contributed by atoms with Gasteiger partial charge in [0.2, 0.25) is 0 Å². The average molecular weight is 927 g/mol. The molecule has 0 aliphatic carbocycles. The summed E-state index contributed by atoms with van der Waals surface area (Å²) in [6.45, 7) is 18.6. The van der Waals surface area contributed by atoms with Crippen molar-refractivity contribution in [2.75, 3.05) is 32.1 Å². The Morgan fingerprint density at radius 3 is 2.25 bits per heavy atom. The lowest BCUT2D eigenvalue weighted by atomic mass is 9.78. The first kappa shape index (κ1) is 49.5. The molecule has 1 amide bonds. The van der Waals surface area contributed by atoms with Crippen LogP contribution in [0.4, 0.5) is 5.69 Å². The Labute approximate surface area is 379 Å². The number of aliphatic hydroxyl groups is 2. The number of amides is 1. The standard InChI is InChI=1S/C46H62N4O14S/c1-22(2)21-50-18-16-46(17-19-50)48-34-31-32-39(54)28(8)41-33(31)43(55)45(10,63-41)61-20-15-30(60-11)25(5)40(62-29(9)51)27(7)38(53)26(6)37(52)23(3)13-12-14-24(4)44(56)47-36(35(34)49-46)42(32)64-65(57,58)59/h12-15,20,22-23,25-27,30,37-38,40,52-54H,16-19,21H2,1-11H3,(H,47,56)(H,57,58,59)/b13-12+,20-15+,24-14-/t23-,25+,26+,27+,30-,37-,38+,40+,45-/m0/s1. The lowest BCUT2D eigenvalue weighted by Crippen LogP contribution is -2.46. The number of anilines is 1. The Hall–Kier alpha value is -4.92. The molecule has 0 aromatic heterocycles. The number of hydrogen-bond donors (Lipinski definition) is 5. The van der Waals surface area contributed by atoms with Crippen molar-refractivity contribution in [3.05, 3.63) is 58.0 Å². The largest absolute Gasteiger partial charge is 0.507 e. The van der Waals surface area contributed by atoms with Crippen LogP contribution in [0.5, 0.6) is 17.2 Å². The van der Waals surface area contributed by atoms with Crippen molar-refractivity contribution in [1.29, 1.82) is 0 Å². The van der Waals surface area contributed by atoms with E-state index in [-0.39, 0.29) is 49.6 Å². The van der Waals surface area contributed by atoms with Gasteiger partial charge in [0.15, 0.2) is 11.4 Å². The number of carbonyl (C=O) groups excluding carboxylic acids is 3. The number of methoxy groups -OCH3 is 1. The van der Waals surface area contributed by atoms with Gasteiger partial charge in [0.05, 0.1) is 40.9 Å². The van der Waals surface area contributed by atoms with E-state index in [4.69, 9.17) is 33.1 Å². The molecular formula is C46H62N4O14S. The Bertz CT molecular complexity index is 2570. The monoisotopic (exact) mass is 926 g/mol. The van der Waals surface area contributed by atoms with Crippen LogP contribution >= 0.6 is 0 Å². The number of nitrogens with zero attached hydrogens (tertiary/aromatic N) is 3. The number of nitrogens with one attached hydrogen (secondary N) is 1. The number of hydrogen-bond acceptors (Lipinski definition) is 16. The van der Waals surface area contributed by atoms with Crippen molar-refractivity contribution < 1.29 is 65.8 Å². The number of rotatable bonds is 6. The molecule has 0 radical (unpaired) electrons. The summed E-state index contributed by atoms with van der Waals surface area (Å²) in [5, 5.41) is 37.3. The van der Waals surface area contributed by atoms with Gasteiger partial charge >= 0.3 is 22.2 Å². The van der Waals surface area contributed by atoms with Crippen molar-refractivity contribution in [2.24, 2.45) is 39.6 Å². The fourth-order valence-corrected chi connectivity index (χ4v) is 9.75. The second-order valence-corrected chi connectivity index (χ2v) is 19.5. The van der Waals surface area contributed by atoms with Gasteiger partial charge in [0, 0.05) is 93.6 Å². The molecule has 9 atom stereocenters. The molecule has 1 spiro atoms. The maximum Gasteiger partial charge on any atom is 0.446 e. The predicted octanol–water partition coefficient (Wildman–Crippen LogP) is 4.23. The number of piperidine rings is 1. The summed E-state index contributed by atoms with van der Waals surface area (Å²) in [4.78, 5) is 53.9. The molecule has 356 valence electrons. The van der Waals surface area contributed by atoms with Crippen LogP contribution in [0, 0.1) is 36.5 Å². The fourth-order valence-electron chi connectivity index (χ4n) is 9.37. The van der Waals surface area contributed by atoms with Gasteiger partial charge in [-0.1, -0.05) is 59.8 Å². The highest BCUT2D eigenvalue weighted by Crippen LogP contribution is 2.50. The van der Waals surface area contributed by atoms with Gasteiger partial charge in [-0.2, -0.15) is 8.42 Å². The van der Waals surface area contributed by atoms with Crippen molar-refractivity contribution in [1.82, 2.24) is 4.90 Å². The first-order valence-corrected chi connectivity index (χ1v) is 23.2. The zero-order valence-corrected chi connectivity index (χ0v) is 39.6. The molecule has 1 saturated heterocycles. The lowest BCUT2D eigenvalue weighted by Gasteiger charge is -2.38. The minimum Gasteiger partial charge on any atom is -0.507 e. The van der Waals surface area contributed by atoms with Crippen LogP contribution in [-0.4, -0.2) is 113 Å². The number of esters is 1. The van der Waals surface area contributed by atoms with Crippen LogP contribution in [0.15, 0.2) is 46.1 Å². The van der Waals surface area contributed by atoms with Crippen LogP contribution in [-0.2, 0) is 34.2 Å². The number of fused-ring (bicyclic) bond motifs is 1. The van der Waals surface area contributed by atoms with Gasteiger partial charge in [-0.15, -0.1) is 0 Å². The molecule has 4 heterocycles. The SMILES string of the molecule is CO[C@H]1/C=C/O[C@@]2(C)Oc3c(C)c(O)c4c(OS(=O)(=O)O)c(c5c(c4c3C2=O)=NC2(CCN(CC(C)C)CC2)N=5)NC(=O)/C(C)=C\C=C\[C@H](C)[C@H](O)[C@@H](C)[C@@H](O)[C@@H](C)[C@H](OC(C)=O)[C@@H]1C. The first-order valence-electron chi connectivity index (χ1n) is 21.9. The summed E-state index contributed by atoms with van der Waals surface area (Å²) in [7, 11) is -3.95. The molecule has 2 aromatic rings. The van der Waals surface area contributed by atoms with Crippen molar-refractivity contribution >= 4 is 44.5 Å². The molecule has 4 bridgehead atoms. The van der Waals surface area contributed by atoms with Gasteiger partial charge in [-0.05, 0) is 25.8 Å². The highest BCUT2D eigenvalue weighted by molar-refractivity contribution is 7.81. The van der Waals surface area contributed by atoms with E-state index in [1.165, 1.54) is 53.2 Å². The molecule has 2 aromatic carbocycles. The van der Waals surface area contributed by atoms with Crippen molar-refractivity contribution in [2.45, 2.75) is 118 Å². The molecule has 1 fully saturated rings. The molecule has 65 heavy (non-hydrogen) atoms. The van der Waals surface area contributed by atoms with E-state index in [1.54, 1.807) is 39.8 Å². The summed E-state index contributed by atoms with van der Waals surface area (Å²) < 4.78 is 64.8. The maximum absolute atomic E-state index is 14.9. The molecule has 19 heteroatoms. The summed E-state index contributed by atoms with van der Waals surface area (Å²) in [5.41, 5.74) is -1.55. The molecule has 0 unspecified atom stereocenters. The number of aromatic hydroxyl groups is 1. The number of benzene rings is 2. The zero-order valence-electron chi connectivity index (χ0n) is 38.7. The predicted molar refractivity (Wildman–Crippen MR) is 238 cm³/mol. The van der Waals surface area contributed by atoms with Crippen molar-refractivity contribution in [3.8, 4) is 17.2 Å². The minimum atomic E-state index is -5.38. The molecule has 18 nitrogen and oxygen atoms in total. The Kier molecular flexibility index (Phi) is 14.3. The van der Waals surface area contributed by atoms with Gasteiger partial charge in [-0.25, -0.2) is 0 Å². The summed E-state index contributed by atoms with van der Waals surface area (Å²) in [6.07, 6.45) is 4.12. The molecule has 0 saturated carbocycles. The van der Waals surface area contributed by atoms with Gasteiger partial charge in [0.25, 0.3) is 11.7 Å². The third kappa shape index (κ3) is 9.81. The van der Waals surface area contributed by atoms with Crippen LogP contribution in [0.3, 0.4) is 0 Å². The van der Waals surface area contributed by atoms with Crippen LogP contribution in [0.2, 0.25) is 0 Å². The van der Waals surface area contributed by atoms with Crippen LogP contribution in [0.1, 0.15) is 91.1 Å². The van der Waals surface area contributed by atoms with E-state index < -0.39 is 99.1 Å². The Morgan fingerprint density at radius 1 is 1.00 bits per heavy atom. The fraction of sp³-hybridized carbons (Fsp3) is 0.587. The summed E-state index contributed by atoms with van der Waals surface area (Å²) >= 11 is 0. The molecular weight excluding hydrogens is 865 g/mol. The molecule has 4 aliphatic heterocycles. The quantitative estimate of drug-likeness (QED) is 0.201.